The Kier molecular flexibility index (Phi) is 10.0. The van der Waals surface area contributed by atoms with E-state index < -0.39 is 36.6 Å². The minimum Gasteiger partial charge on any atom is -0.464 e. The number of nitrogens with one attached hydrogen (secondary N) is 1. The molecule has 1 aromatic rings. The van der Waals surface area contributed by atoms with Gasteiger partial charge in [-0.1, -0.05) is 23.7 Å². The molecule has 0 spiro atoms. The van der Waals surface area contributed by atoms with Crippen LogP contribution in [-0.4, -0.2) is 72.7 Å². The Morgan fingerprint density at radius 1 is 1.33 bits per heavy atom. The minimum absolute atomic E-state index is 0.00410. The molecule has 1 aromatic carbocycles. The zero-order valence-electron chi connectivity index (χ0n) is 15.2. The standard InChI is InChI=1S/C17H24ClFN2O6/c1-11(23)27-9-13(8-26-10-14(24)7-22)21(2)17(25)20-6-12-4-3-5-15(19)16(12)18/h3-5,13-14,22,24H,6-10H2,1-2H3,(H,20,25). The van der Waals surface area contributed by atoms with E-state index in [-0.39, 0.29) is 31.4 Å². The van der Waals surface area contributed by atoms with Gasteiger partial charge in [0.1, 0.15) is 18.5 Å². The number of ether oxygens (including phenoxy) is 2. The van der Waals surface area contributed by atoms with Crippen molar-refractivity contribution in [2.24, 2.45) is 0 Å². The predicted octanol–water partition coefficient (Wildman–Crippen LogP) is 0.922. The number of hydrogen-bond acceptors (Lipinski definition) is 6. The van der Waals surface area contributed by atoms with Gasteiger partial charge in [-0.2, -0.15) is 0 Å². The van der Waals surface area contributed by atoms with Crippen LogP contribution in [0.25, 0.3) is 0 Å². The summed E-state index contributed by atoms with van der Waals surface area (Å²) in [5.41, 5.74) is 0.414. The Morgan fingerprint density at radius 2 is 2.04 bits per heavy atom. The Labute approximate surface area is 161 Å². The summed E-state index contributed by atoms with van der Waals surface area (Å²) in [6, 6.07) is 3.13. The molecule has 2 unspecified atom stereocenters. The number of urea groups is 1. The summed E-state index contributed by atoms with van der Waals surface area (Å²) in [4.78, 5) is 24.7. The molecule has 0 aliphatic heterocycles. The molecular formula is C17H24ClFN2O6. The van der Waals surface area contributed by atoms with Gasteiger partial charge in [-0.3, -0.25) is 4.79 Å². The first-order valence-corrected chi connectivity index (χ1v) is 8.57. The third kappa shape index (κ3) is 8.08. The molecule has 0 fully saturated rings. The van der Waals surface area contributed by atoms with Crippen LogP contribution in [0.3, 0.4) is 0 Å². The molecule has 0 bridgehead atoms. The van der Waals surface area contributed by atoms with Crippen molar-refractivity contribution in [3.63, 3.8) is 0 Å². The largest absolute Gasteiger partial charge is 0.464 e. The number of carbonyl (C=O) groups excluding carboxylic acids is 2. The van der Waals surface area contributed by atoms with Crippen LogP contribution in [0, 0.1) is 5.82 Å². The molecule has 0 radical (unpaired) electrons. The molecule has 27 heavy (non-hydrogen) atoms. The Bertz CT molecular complexity index is 633. The topological polar surface area (TPSA) is 108 Å². The van der Waals surface area contributed by atoms with Crippen molar-refractivity contribution < 1.29 is 33.7 Å². The summed E-state index contributed by atoms with van der Waals surface area (Å²) >= 11 is 5.85. The molecular weight excluding hydrogens is 383 g/mol. The van der Waals surface area contributed by atoms with Gasteiger partial charge in [0, 0.05) is 20.5 Å². The molecule has 0 heterocycles. The first kappa shape index (κ1) is 23.1. The highest BCUT2D eigenvalue weighted by atomic mass is 35.5. The van der Waals surface area contributed by atoms with E-state index >= 15 is 0 Å². The lowest BCUT2D eigenvalue weighted by Crippen LogP contribution is -2.48. The highest BCUT2D eigenvalue weighted by Crippen LogP contribution is 2.19. The Balaban J connectivity index is 2.65. The van der Waals surface area contributed by atoms with E-state index in [9.17, 15) is 19.1 Å². The molecule has 3 N–H and O–H groups in total. The Hall–Kier alpha value is -1.94. The fourth-order valence-corrected chi connectivity index (χ4v) is 2.22. The van der Waals surface area contributed by atoms with Crippen LogP contribution in [0.4, 0.5) is 9.18 Å². The van der Waals surface area contributed by atoms with E-state index in [0.29, 0.717) is 5.56 Å². The first-order valence-electron chi connectivity index (χ1n) is 8.19. The number of hydrogen-bond donors (Lipinski definition) is 3. The average Bonchev–Trinajstić information content (AvgIpc) is 2.64. The zero-order valence-corrected chi connectivity index (χ0v) is 15.9. The average molecular weight is 407 g/mol. The van der Waals surface area contributed by atoms with Gasteiger partial charge in [-0.15, -0.1) is 0 Å². The number of rotatable bonds is 10. The number of likely N-dealkylation sites (N-methyl/N-ethyl adjacent to an activating group) is 1. The lowest BCUT2D eigenvalue weighted by molar-refractivity contribution is -0.143. The van der Waals surface area contributed by atoms with E-state index in [1.807, 2.05) is 0 Å². The minimum atomic E-state index is -1.05. The number of aliphatic hydroxyl groups excluding tert-OH is 2. The van der Waals surface area contributed by atoms with Gasteiger partial charge in [0.15, 0.2) is 0 Å². The molecule has 1 rings (SSSR count). The number of esters is 1. The lowest BCUT2D eigenvalue weighted by atomic mass is 10.2. The van der Waals surface area contributed by atoms with Crippen LogP contribution < -0.4 is 5.32 Å². The molecule has 0 saturated carbocycles. The van der Waals surface area contributed by atoms with Gasteiger partial charge in [0.05, 0.1) is 30.9 Å². The normalized spacial score (nSPS) is 13.0. The number of nitrogens with zero attached hydrogens (tertiary/aromatic N) is 1. The zero-order chi connectivity index (χ0) is 20.4. The maximum Gasteiger partial charge on any atom is 0.317 e. The van der Waals surface area contributed by atoms with Gasteiger partial charge in [0.2, 0.25) is 0 Å². The van der Waals surface area contributed by atoms with Crippen molar-refractivity contribution in [1.29, 1.82) is 0 Å². The second kappa shape index (κ2) is 11.7. The highest BCUT2D eigenvalue weighted by Gasteiger charge is 2.22. The molecule has 10 heteroatoms. The number of aliphatic hydroxyl groups is 2. The molecule has 8 nitrogen and oxygen atoms in total. The third-order valence-corrected chi connectivity index (χ3v) is 4.06. The van der Waals surface area contributed by atoms with Gasteiger partial charge < -0.3 is 29.9 Å². The van der Waals surface area contributed by atoms with Crippen LogP contribution in [0.15, 0.2) is 18.2 Å². The van der Waals surface area contributed by atoms with Crippen molar-refractivity contribution in [3.8, 4) is 0 Å². The quantitative estimate of drug-likeness (QED) is 0.499. The van der Waals surface area contributed by atoms with Gasteiger partial charge in [0.25, 0.3) is 0 Å². The molecule has 2 atom stereocenters. The first-order chi connectivity index (χ1) is 12.8. The van der Waals surface area contributed by atoms with E-state index in [1.54, 1.807) is 6.07 Å². The van der Waals surface area contributed by atoms with Gasteiger partial charge in [-0.25, -0.2) is 9.18 Å². The predicted molar refractivity (Wildman–Crippen MR) is 95.7 cm³/mol. The summed E-state index contributed by atoms with van der Waals surface area (Å²) in [6.45, 7) is 0.495. The molecule has 0 aromatic heterocycles. The monoisotopic (exact) mass is 406 g/mol. The number of carbonyl (C=O) groups is 2. The van der Waals surface area contributed by atoms with Gasteiger partial charge in [-0.05, 0) is 11.6 Å². The maximum atomic E-state index is 13.4. The highest BCUT2D eigenvalue weighted by molar-refractivity contribution is 6.31. The van der Waals surface area contributed by atoms with E-state index in [1.165, 1.54) is 31.0 Å². The lowest BCUT2D eigenvalue weighted by Gasteiger charge is -2.28. The van der Waals surface area contributed by atoms with Crippen molar-refractivity contribution >= 4 is 23.6 Å². The molecule has 0 aliphatic carbocycles. The van der Waals surface area contributed by atoms with Crippen LogP contribution >= 0.6 is 11.6 Å². The molecule has 2 amide bonds. The fourth-order valence-electron chi connectivity index (χ4n) is 2.02. The van der Waals surface area contributed by atoms with E-state index in [4.69, 9.17) is 26.2 Å². The Morgan fingerprint density at radius 3 is 2.67 bits per heavy atom. The second-order valence-corrected chi connectivity index (χ2v) is 6.19. The van der Waals surface area contributed by atoms with Gasteiger partial charge >= 0.3 is 12.0 Å². The van der Waals surface area contributed by atoms with Crippen LogP contribution in [0.1, 0.15) is 12.5 Å². The summed E-state index contributed by atoms with van der Waals surface area (Å²) in [5.74, 6) is -1.10. The smallest absolute Gasteiger partial charge is 0.317 e. The molecule has 0 aliphatic rings. The van der Waals surface area contributed by atoms with Crippen LogP contribution in [0.5, 0.6) is 0 Å². The maximum absolute atomic E-state index is 13.4. The fraction of sp³-hybridized carbons (Fsp3) is 0.529. The second-order valence-electron chi connectivity index (χ2n) is 5.81. The summed E-state index contributed by atoms with van der Waals surface area (Å²) in [7, 11) is 1.47. The third-order valence-electron chi connectivity index (χ3n) is 3.64. The van der Waals surface area contributed by atoms with E-state index in [0.717, 1.165) is 0 Å². The summed E-state index contributed by atoms with van der Waals surface area (Å²) < 4.78 is 23.6. The van der Waals surface area contributed by atoms with Crippen LogP contribution in [0.2, 0.25) is 5.02 Å². The van der Waals surface area contributed by atoms with E-state index in [2.05, 4.69) is 5.32 Å². The number of amides is 2. The summed E-state index contributed by atoms with van der Waals surface area (Å²) in [6.07, 6.45) is -1.05. The van der Waals surface area contributed by atoms with Crippen molar-refractivity contribution in [2.45, 2.75) is 25.6 Å². The summed E-state index contributed by atoms with van der Waals surface area (Å²) in [5, 5.41) is 20.6. The molecule has 152 valence electrons. The number of halogens is 2. The van der Waals surface area contributed by atoms with Crippen LogP contribution in [-0.2, 0) is 20.8 Å². The number of benzene rings is 1. The van der Waals surface area contributed by atoms with Crippen molar-refractivity contribution in [1.82, 2.24) is 10.2 Å². The van der Waals surface area contributed by atoms with Crippen molar-refractivity contribution in [3.05, 3.63) is 34.6 Å². The van der Waals surface area contributed by atoms with Crippen molar-refractivity contribution in [2.75, 3.05) is 33.5 Å². The molecule has 0 saturated heterocycles. The SMILES string of the molecule is CC(=O)OCC(COCC(O)CO)N(C)C(=O)NCc1cccc(F)c1Cl.